The largest absolute Gasteiger partial charge is 0.502 e. The molecule has 2 aromatic heterocycles. The van der Waals surface area contributed by atoms with Gasteiger partial charge in [-0.25, -0.2) is 14.4 Å². The maximum atomic E-state index is 12.6. The molecule has 1 aliphatic heterocycles. The second-order valence-electron chi connectivity index (χ2n) is 8.65. The van der Waals surface area contributed by atoms with Crippen LogP contribution in [0.15, 0.2) is 53.7 Å². The average molecular weight is 492 g/mol. The molecule has 1 unspecified atom stereocenters. The van der Waals surface area contributed by atoms with Gasteiger partial charge in [0, 0.05) is 50.4 Å². The zero-order valence-electron chi connectivity index (χ0n) is 20.0. The predicted octanol–water partition coefficient (Wildman–Crippen LogP) is 1.99. The SMILES string of the molecule is O=c1[nH]cnc(C(CNCCF)Cc2ccc(C#Cc3ccc(CN4CCOCC4)cn3)cc2)c1O. The number of aromatic nitrogens is 3. The minimum Gasteiger partial charge on any atom is -0.502 e. The normalized spacial score (nSPS) is 14.7. The fourth-order valence-corrected chi connectivity index (χ4v) is 4.07. The lowest BCUT2D eigenvalue weighted by molar-refractivity contribution is 0.0341. The summed E-state index contributed by atoms with van der Waals surface area (Å²) in [5.41, 5.74) is 3.39. The van der Waals surface area contributed by atoms with Crippen LogP contribution >= 0.6 is 0 Å². The molecule has 0 amide bonds. The van der Waals surface area contributed by atoms with Gasteiger partial charge in [0.05, 0.1) is 25.2 Å². The molecule has 1 atom stereocenters. The van der Waals surface area contributed by atoms with Gasteiger partial charge in [-0.3, -0.25) is 9.69 Å². The minimum atomic E-state index is -0.594. The van der Waals surface area contributed by atoms with Gasteiger partial charge in [-0.1, -0.05) is 24.1 Å². The first kappa shape index (κ1) is 25.5. The number of H-pyrrole nitrogens is 1. The quantitative estimate of drug-likeness (QED) is 0.311. The summed E-state index contributed by atoms with van der Waals surface area (Å²) < 4.78 is 18.0. The molecule has 4 rings (SSSR count). The van der Waals surface area contributed by atoms with E-state index in [4.69, 9.17) is 4.74 Å². The van der Waals surface area contributed by atoms with Crippen LogP contribution in [-0.2, 0) is 17.7 Å². The second-order valence-corrected chi connectivity index (χ2v) is 8.65. The Morgan fingerprint density at radius 2 is 1.89 bits per heavy atom. The molecule has 1 fully saturated rings. The molecular formula is C27H30FN5O3. The molecule has 188 valence electrons. The van der Waals surface area contributed by atoms with Crippen molar-refractivity contribution in [2.45, 2.75) is 18.9 Å². The van der Waals surface area contributed by atoms with E-state index in [2.05, 4.69) is 43.1 Å². The number of rotatable bonds is 9. The van der Waals surface area contributed by atoms with Crippen molar-refractivity contribution >= 4 is 0 Å². The van der Waals surface area contributed by atoms with Crippen LogP contribution in [0.1, 0.15) is 34.0 Å². The van der Waals surface area contributed by atoms with Crippen molar-refractivity contribution < 1.29 is 14.2 Å². The van der Waals surface area contributed by atoms with E-state index in [1.165, 1.54) is 6.33 Å². The molecule has 1 saturated heterocycles. The number of aromatic hydroxyl groups is 1. The number of pyridine rings is 1. The molecule has 0 aliphatic carbocycles. The van der Waals surface area contributed by atoms with Gasteiger partial charge in [-0.05, 0) is 41.7 Å². The molecule has 1 aliphatic rings. The molecular weight excluding hydrogens is 461 g/mol. The molecule has 3 aromatic rings. The highest BCUT2D eigenvalue weighted by Gasteiger charge is 2.19. The van der Waals surface area contributed by atoms with E-state index in [1.54, 1.807) is 0 Å². The molecule has 3 N–H and O–H groups in total. The van der Waals surface area contributed by atoms with Crippen LogP contribution in [-0.4, -0.2) is 71.0 Å². The van der Waals surface area contributed by atoms with Crippen molar-refractivity contribution in [3.63, 3.8) is 0 Å². The molecule has 9 heteroatoms. The van der Waals surface area contributed by atoms with E-state index in [-0.39, 0.29) is 18.2 Å². The first-order chi connectivity index (χ1) is 17.6. The number of ether oxygens (including phenoxy) is 1. The molecule has 0 saturated carbocycles. The first-order valence-corrected chi connectivity index (χ1v) is 12.0. The number of nitrogens with one attached hydrogen (secondary N) is 2. The number of hydrogen-bond acceptors (Lipinski definition) is 7. The number of hydrogen-bond donors (Lipinski definition) is 3. The van der Waals surface area contributed by atoms with Crippen molar-refractivity contribution in [1.82, 2.24) is 25.2 Å². The summed E-state index contributed by atoms with van der Waals surface area (Å²) in [7, 11) is 0. The van der Waals surface area contributed by atoms with Crippen LogP contribution in [0.4, 0.5) is 4.39 Å². The van der Waals surface area contributed by atoms with Crippen molar-refractivity contribution in [3.05, 3.63) is 87.4 Å². The summed E-state index contributed by atoms with van der Waals surface area (Å²) in [6.07, 6.45) is 3.66. The van der Waals surface area contributed by atoms with Crippen molar-refractivity contribution in [2.24, 2.45) is 0 Å². The van der Waals surface area contributed by atoms with Gasteiger partial charge in [0.1, 0.15) is 12.4 Å². The summed E-state index contributed by atoms with van der Waals surface area (Å²) >= 11 is 0. The highest BCUT2D eigenvalue weighted by atomic mass is 19.1. The molecule has 0 spiro atoms. The van der Waals surface area contributed by atoms with Gasteiger partial charge in [-0.2, -0.15) is 0 Å². The van der Waals surface area contributed by atoms with Crippen LogP contribution in [0.2, 0.25) is 0 Å². The Morgan fingerprint density at radius 3 is 2.61 bits per heavy atom. The molecule has 0 bridgehead atoms. The lowest BCUT2D eigenvalue weighted by atomic mass is 9.94. The fraction of sp³-hybridized carbons (Fsp3) is 0.370. The van der Waals surface area contributed by atoms with E-state index < -0.39 is 18.0 Å². The van der Waals surface area contributed by atoms with Crippen LogP contribution in [0.3, 0.4) is 0 Å². The zero-order valence-corrected chi connectivity index (χ0v) is 20.0. The Kier molecular flexibility index (Phi) is 9.16. The van der Waals surface area contributed by atoms with Crippen molar-refractivity contribution in [1.29, 1.82) is 0 Å². The Balaban J connectivity index is 1.39. The topological polar surface area (TPSA) is 103 Å². The lowest BCUT2D eigenvalue weighted by Gasteiger charge is -2.26. The maximum Gasteiger partial charge on any atom is 0.293 e. The molecule has 1 aromatic carbocycles. The van der Waals surface area contributed by atoms with E-state index in [1.807, 2.05) is 36.5 Å². The van der Waals surface area contributed by atoms with Gasteiger partial charge in [0.15, 0.2) is 0 Å². The third-order valence-corrected chi connectivity index (χ3v) is 6.01. The summed E-state index contributed by atoms with van der Waals surface area (Å²) in [6, 6.07) is 11.8. The number of benzene rings is 1. The highest BCUT2D eigenvalue weighted by Crippen LogP contribution is 2.23. The summed E-state index contributed by atoms with van der Waals surface area (Å²) in [6.45, 7) is 4.36. The third kappa shape index (κ3) is 7.21. The van der Waals surface area contributed by atoms with Gasteiger partial charge in [-0.15, -0.1) is 0 Å². The lowest BCUT2D eigenvalue weighted by Crippen LogP contribution is -2.35. The Hall–Kier alpha value is -3.58. The van der Waals surface area contributed by atoms with Crippen LogP contribution < -0.4 is 10.9 Å². The van der Waals surface area contributed by atoms with Gasteiger partial charge in [0.2, 0.25) is 5.75 Å². The van der Waals surface area contributed by atoms with Gasteiger partial charge in [0.25, 0.3) is 5.56 Å². The number of nitrogens with zero attached hydrogens (tertiary/aromatic N) is 3. The maximum absolute atomic E-state index is 12.6. The van der Waals surface area contributed by atoms with Gasteiger partial charge >= 0.3 is 0 Å². The standard InChI is InChI=1S/C27H30FN5O3/c28-9-10-29-17-23(25-26(34)27(35)32-19-31-25)15-21-3-1-20(2-4-21)5-7-24-8-6-22(16-30-24)18-33-11-13-36-14-12-33/h1-4,6,8,16,19,23,29,34H,9-15,17-18H2,(H,31,32,35). The predicted molar refractivity (Wildman–Crippen MR) is 135 cm³/mol. The Labute approximate surface area is 209 Å². The number of aromatic amines is 1. The van der Waals surface area contributed by atoms with Crippen molar-refractivity contribution in [3.8, 4) is 17.6 Å². The van der Waals surface area contributed by atoms with Crippen LogP contribution in [0, 0.1) is 11.8 Å². The summed E-state index contributed by atoms with van der Waals surface area (Å²) in [5.74, 6) is 5.54. The molecule has 3 heterocycles. The van der Waals surface area contributed by atoms with E-state index in [0.29, 0.717) is 18.7 Å². The van der Waals surface area contributed by atoms with Gasteiger partial charge < -0.3 is 20.1 Å². The number of halogens is 1. The van der Waals surface area contributed by atoms with Crippen molar-refractivity contribution in [2.75, 3.05) is 46.1 Å². The Morgan fingerprint density at radius 1 is 1.11 bits per heavy atom. The average Bonchev–Trinajstić information content (AvgIpc) is 2.91. The molecule has 0 radical (unpaired) electrons. The van der Waals surface area contributed by atoms with E-state index >= 15 is 0 Å². The minimum absolute atomic E-state index is 0.192. The Bertz CT molecular complexity index is 1230. The monoisotopic (exact) mass is 491 g/mol. The molecule has 36 heavy (non-hydrogen) atoms. The zero-order chi connectivity index (χ0) is 25.2. The second kappa shape index (κ2) is 12.9. The van der Waals surface area contributed by atoms with E-state index in [9.17, 15) is 14.3 Å². The highest BCUT2D eigenvalue weighted by molar-refractivity contribution is 5.41. The number of alkyl halides is 1. The smallest absolute Gasteiger partial charge is 0.293 e. The number of morpholine rings is 1. The first-order valence-electron chi connectivity index (χ1n) is 12.0. The van der Waals surface area contributed by atoms with Crippen LogP contribution in [0.25, 0.3) is 0 Å². The van der Waals surface area contributed by atoms with E-state index in [0.717, 1.165) is 49.5 Å². The van der Waals surface area contributed by atoms with Crippen LogP contribution in [0.5, 0.6) is 5.75 Å². The fourth-order valence-electron chi connectivity index (χ4n) is 4.07. The molecule has 8 nitrogen and oxygen atoms in total. The summed E-state index contributed by atoms with van der Waals surface area (Å²) in [5, 5.41) is 13.2. The third-order valence-electron chi connectivity index (χ3n) is 6.01. The summed E-state index contributed by atoms with van der Waals surface area (Å²) in [4.78, 5) is 25.2.